The van der Waals surface area contributed by atoms with Gasteiger partial charge in [0.15, 0.2) is 5.69 Å². The zero-order chi connectivity index (χ0) is 23.7. The first-order chi connectivity index (χ1) is 15.8. The molecule has 170 valence electrons. The van der Waals surface area contributed by atoms with E-state index in [-0.39, 0.29) is 11.6 Å². The number of nitrogens with zero attached hydrogens (tertiary/aromatic N) is 4. The molecule has 2 aromatic heterocycles. The average molecular weight is 510 g/mol. The fraction of sp³-hybridized carbons (Fsp3) is 0.250. The molecule has 0 bridgehead atoms. The molecule has 33 heavy (non-hydrogen) atoms. The predicted molar refractivity (Wildman–Crippen MR) is 129 cm³/mol. The summed E-state index contributed by atoms with van der Waals surface area (Å²) in [5, 5.41) is 11.3. The number of nitrogens with one attached hydrogen (secondary N) is 1. The first-order valence-corrected chi connectivity index (χ1v) is 11.2. The van der Waals surface area contributed by atoms with E-state index in [1.807, 2.05) is 64.1 Å². The van der Waals surface area contributed by atoms with Gasteiger partial charge in [-0.2, -0.15) is 0 Å². The minimum Gasteiger partial charge on any atom is -0.496 e. The summed E-state index contributed by atoms with van der Waals surface area (Å²) in [5.41, 5.74) is 5.11. The van der Waals surface area contributed by atoms with Crippen LogP contribution in [0.3, 0.4) is 0 Å². The number of hydrogen-bond acceptors (Lipinski definition) is 6. The largest absolute Gasteiger partial charge is 0.496 e. The van der Waals surface area contributed by atoms with Crippen LogP contribution in [0.4, 0.5) is 5.69 Å². The molecule has 0 spiro atoms. The lowest BCUT2D eigenvalue weighted by Gasteiger charge is -2.10. The Morgan fingerprint density at radius 1 is 1.15 bits per heavy atom. The van der Waals surface area contributed by atoms with E-state index < -0.39 is 0 Å². The van der Waals surface area contributed by atoms with Crippen LogP contribution in [0.1, 0.15) is 38.8 Å². The second kappa shape index (κ2) is 9.19. The zero-order valence-electron chi connectivity index (χ0n) is 19.1. The zero-order valence-corrected chi connectivity index (χ0v) is 20.6. The molecular formula is C24H24BrN5O3. The summed E-state index contributed by atoms with van der Waals surface area (Å²) in [4.78, 5) is 17.5. The maximum absolute atomic E-state index is 12.9. The number of anilines is 1. The van der Waals surface area contributed by atoms with Crippen molar-refractivity contribution in [1.29, 1.82) is 0 Å². The standard InChI is InChI=1S/C24H24BrN5O3/c1-13-7-6-8-14(2)21(13)27-23(31)22-15(3)30(29-28-22)12-19-16(4)33-24(26-19)18-11-17(25)9-10-20(18)32-5/h6-11H,12H2,1-5H3,(H,27,31). The van der Waals surface area contributed by atoms with Crippen molar-refractivity contribution in [3.8, 4) is 17.2 Å². The highest BCUT2D eigenvalue weighted by Crippen LogP contribution is 2.33. The number of amides is 1. The number of oxazole rings is 1. The van der Waals surface area contributed by atoms with Crippen LogP contribution in [-0.4, -0.2) is 33.0 Å². The van der Waals surface area contributed by atoms with Crippen molar-refractivity contribution < 1.29 is 13.9 Å². The van der Waals surface area contributed by atoms with Crippen LogP contribution in [0.5, 0.6) is 5.75 Å². The van der Waals surface area contributed by atoms with E-state index in [1.54, 1.807) is 11.8 Å². The van der Waals surface area contributed by atoms with Gasteiger partial charge in [0, 0.05) is 10.2 Å². The molecule has 8 nitrogen and oxygen atoms in total. The summed E-state index contributed by atoms with van der Waals surface area (Å²) in [6.07, 6.45) is 0. The number of carbonyl (C=O) groups is 1. The first kappa shape index (κ1) is 22.7. The minimum absolute atomic E-state index is 0.271. The van der Waals surface area contributed by atoms with Crippen LogP contribution in [-0.2, 0) is 6.54 Å². The molecule has 0 aliphatic carbocycles. The van der Waals surface area contributed by atoms with E-state index in [4.69, 9.17) is 9.15 Å². The first-order valence-electron chi connectivity index (χ1n) is 10.4. The van der Waals surface area contributed by atoms with E-state index >= 15 is 0 Å². The van der Waals surface area contributed by atoms with Gasteiger partial charge in [-0.05, 0) is 57.0 Å². The van der Waals surface area contributed by atoms with Gasteiger partial charge in [-0.25, -0.2) is 9.67 Å². The molecule has 0 atom stereocenters. The molecule has 4 rings (SSSR count). The van der Waals surface area contributed by atoms with Crippen LogP contribution >= 0.6 is 15.9 Å². The molecule has 2 aromatic carbocycles. The molecule has 0 aliphatic rings. The van der Waals surface area contributed by atoms with E-state index in [0.717, 1.165) is 26.9 Å². The maximum Gasteiger partial charge on any atom is 0.278 e. The number of halogens is 1. The number of rotatable bonds is 6. The predicted octanol–water partition coefficient (Wildman–Crippen LogP) is 5.24. The second-order valence-electron chi connectivity index (χ2n) is 7.77. The van der Waals surface area contributed by atoms with Gasteiger partial charge in [0.05, 0.1) is 24.9 Å². The third kappa shape index (κ3) is 4.54. The molecule has 4 aromatic rings. The molecule has 0 fully saturated rings. The van der Waals surface area contributed by atoms with Gasteiger partial charge in [0.2, 0.25) is 5.89 Å². The van der Waals surface area contributed by atoms with Gasteiger partial charge in [-0.1, -0.05) is 39.3 Å². The summed E-state index contributed by atoms with van der Waals surface area (Å²) in [5.74, 6) is 1.47. The van der Waals surface area contributed by atoms with Crippen molar-refractivity contribution in [1.82, 2.24) is 20.0 Å². The maximum atomic E-state index is 12.9. The fourth-order valence-electron chi connectivity index (χ4n) is 3.58. The Labute approximate surface area is 200 Å². The number of methoxy groups -OCH3 is 1. The lowest BCUT2D eigenvalue weighted by molar-refractivity contribution is 0.102. The molecule has 1 amide bonds. The highest BCUT2D eigenvalue weighted by Gasteiger charge is 2.21. The summed E-state index contributed by atoms with van der Waals surface area (Å²) in [6.45, 7) is 7.89. The highest BCUT2D eigenvalue weighted by molar-refractivity contribution is 9.10. The molecule has 0 aliphatic heterocycles. The number of benzene rings is 2. The van der Waals surface area contributed by atoms with Gasteiger partial charge in [0.1, 0.15) is 17.2 Å². The normalized spacial score (nSPS) is 11.0. The Bertz CT molecular complexity index is 1320. The topological polar surface area (TPSA) is 95.1 Å². The quantitative estimate of drug-likeness (QED) is 0.381. The Morgan fingerprint density at radius 2 is 1.88 bits per heavy atom. The van der Waals surface area contributed by atoms with Crippen molar-refractivity contribution in [2.75, 3.05) is 12.4 Å². The van der Waals surface area contributed by atoms with Gasteiger partial charge < -0.3 is 14.5 Å². The Morgan fingerprint density at radius 3 is 2.58 bits per heavy atom. The van der Waals surface area contributed by atoms with Gasteiger partial charge >= 0.3 is 0 Å². The number of aromatic nitrogens is 4. The number of aryl methyl sites for hydroxylation is 3. The summed E-state index contributed by atoms with van der Waals surface area (Å²) in [6, 6.07) is 11.5. The Balaban J connectivity index is 1.58. The minimum atomic E-state index is -0.299. The molecule has 0 radical (unpaired) electrons. The molecule has 0 unspecified atom stereocenters. The van der Waals surface area contributed by atoms with E-state index in [1.165, 1.54) is 0 Å². The van der Waals surface area contributed by atoms with Crippen LogP contribution in [0.2, 0.25) is 0 Å². The monoisotopic (exact) mass is 509 g/mol. The number of para-hydroxylation sites is 1. The molecule has 9 heteroatoms. The molecule has 2 heterocycles. The third-order valence-electron chi connectivity index (χ3n) is 5.50. The molecule has 0 saturated carbocycles. The highest BCUT2D eigenvalue weighted by atomic mass is 79.9. The summed E-state index contributed by atoms with van der Waals surface area (Å²) >= 11 is 3.47. The fourth-order valence-corrected chi connectivity index (χ4v) is 3.94. The van der Waals surface area contributed by atoms with Gasteiger partial charge in [-0.3, -0.25) is 4.79 Å². The second-order valence-corrected chi connectivity index (χ2v) is 8.68. The SMILES string of the molecule is COc1ccc(Br)cc1-c1nc(Cn2nnc(C(=O)Nc3c(C)cccc3C)c2C)c(C)o1. The van der Waals surface area contributed by atoms with E-state index in [9.17, 15) is 4.79 Å². The lowest BCUT2D eigenvalue weighted by Crippen LogP contribution is -2.16. The smallest absolute Gasteiger partial charge is 0.278 e. The van der Waals surface area contributed by atoms with Crippen molar-refractivity contribution in [2.24, 2.45) is 0 Å². The van der Waals surface area contributed by atoms with E-state index in [0.29, 0.717) is 35.3 Å². The van der Waals surface area contributed by atoms with Crippen molar-refractivity contribution in [2.45, 2.75) is 34.2 Å². The Hall–Kier alpha value is -3.46. The summed E-state index contributed by atoms with van der Waals surface area (Å²) < 4.78 is 13.9. The summed E-state index contributed by atoms with van der Waals surface area (Å²) in [7, 11) is 1.60. The third-order valence-corrected chi connectivity index (χ3v) is 5.99. The van der Waals surface area contributed by atoms with E-state index in [2.05, 4.69) is 36.5 Å². The molecule has 1 N–H and O–H groups in total. The number of hydrogen-bond donors (Lipinski definition) is 1. The van der Waals surface area contributed by atoms with Gasteiger partial charge in [-0.15, -0.1) is 5.10 Å². The molecule has 0 saturated heterocycles. The van der Waals surface area contributed by atoms with Crippen molar-refractivity contribution in [3.05, 3.63) is 74.8 Å². The van der Waals surface area contributed by atoms with Crippen LogP contribution in [0.15, 0.2) is 45.3 Å². The Kier molecular flexibility index (Phi) is 6.33. The van der Waals surface area contributed by atoms with Crippen LogP contribution in [0.25, 0.3) is 11.5 Å². The molecular weight excluding hydrogens is 486 g/mol. The van der Waals surface area contributed by atoms with Gasteiger partial charge in [0.25, 0.3) is 5.91 Å². The van der Waals surface area contributed by atoms with Crippen LogP contribution in [0, 0.1) is 27.7 Å². The number of carbonyl (C=O) groups excluding carboxylic acids is 1. The lowest BCUT2D eigenvalue weighted by atomic mass is 10.1. The van der Waals surface area contributed by atoms with Crippen molar-refractivity contribution in [3.63, 3.8) is 0 Å². The van der Waals surface area contributed by atoms with Crippen LogP contribution < -0.4 is 10.1 Å². The van der Waals surface area contributed by atoms with Crippen molar-refractivity contribution >= 4 is 27.5 Å². The number of ether oxygens (including phenoxy) is 1. The average Bonchev–Trinajstić information content (AvgIpc) is 3.33.